The number of amides is 1. The van der Waals surface area contributed by atoms with Crippen LogP contribution in [0.15, 0.2) is 39.2 Å². The molecular formula is C16H18BrF4N3O3S. The van der Waals surface area contributed by atoms with E-state index in [1.807, 2.05) is 0 Å². The highest BCUT2D eigenvalue weighted by Crippen LogP contribution is 2.30. The molecule has 2 N–H and O–H groups in total. The van der Waals surface area contributed by atoms with Crippen LogP contribution in [0, 0.1) is 5.92 Å². The van der Waals surface area contributed by atoms with E-state index >= 15 is 0 Å². The zero-order chi connectivity index (χ0) is 21.4. The summed E-state index contributed by atoms with van der Waals surface area (Å²) in [7, 11) is -3.17. The molecule has 1 aromatic heterocycles. The molecule has 0 fully saturated rings. The van der Waals surface area contributed by atoms with Gasteiger partial charge in [-0.05, 0) is 41.4 Å². The van der Waals surface area contributed by atoms with E-state index in [2.05, 4.69) is 21.2 Å². The van der Waals surface area contributed by atoms with Crippen molar-refractivity contribution in [1.82, 2.24) is 14.6 Å². The molecule has 2 rings (SSSR count). The number of halogens is 5. The highest BCUT2D eigenvalue weighted by atomic mass is 79.9. The number of aryl methyl sites for hydroxylation is 1. The molecule has 0 aliphatic heterocycles. The lowest BCUT2D eigenvalue weighted by atomic mass is 9.99. The van der Waals surface area contributed by atoms with Crippen LogP contribution in [0.3, 0.4) is 0 Å². The van der Waals surface area contributed by atoms with Crippen LogP contribution < -0.4 is 10.0 Å². The second-order valence-corrected chi connectivity index (χ2v) is 8.93. The summed E-state index contributed by atoms with van der Waals surface area (Å²) in [5, 5.41) is 2.56. The molecule has 1 unspecified atom stereocenters. The van der Waals surface area contributed by atoms with E-state index in [9.17, 15) is 30.8 Å². The number of nitrogens with zero attached hydrogens (tertiary/aromatic N) is 1. The number of rotatable bonds is 5. The first-order valence-electron chi connectivity index (χ1n) is 8.05. The van der Waals surface area contributed by atoms with Crippen LogP contribution >= 0.6 is 15.9 Å². The molecule has 1 aromatic rings. The largest absolute Gasteiger partial charge is 0.404 e. The maximum atomic E-state index is 13.4. The third kappa shape index (κ3) is 4.84. The number of aromatic nitrogens is 1. The van der Waals surface area contributed by atoms with Gasteiger partial charge in [0.15, 0.2) is 0 Å². The Kier molecular flexibility index (Phi) is 6.46. The van der Waals surface area contributed by atoms with Gasteiger partial charge in [-0.15, -0.1) is 0 Å². The first-order valence-corrected chi connectivity index (χ1v) is 10.3. The van der Waals surface area contributed by atoms with Crippen LogP contribution in [0.25, 0.3) is 0 Å². The smallest absolute Gasteiger partial charge is 0.344 e. The van der Waals surface area contributed by atoms with Crippen molar-refractivity contribution in [1.29, 1.82) is 0 Å². The van der Waals surface area contributed by atoms with E-state index in [1.165, 1.54) is 28.5 Å². The van der Waals surface area contributed by atoms with Crippen LogP contribution in [0.5, 0.6) is 0 Å². The van der Waals surface area contributed by atoms with Crippen molar-refractivity contribution in [2.24, 2.45) is 13.0 Å². The lowest BCUT2D eigenvalue weighted by Gasteiger charge is -2.18. The molecule has 0 aromatic carbocycles. The predicted molar refractivity (Wildman–Crippen MR) is 97.5 cm³/mol. The Labute approximate surface area is 167 Å². The molecule has 6 nitrogen and oxygen atoms in total. The molecule has 28 heavy (non-hydrogen) atoms. The molecule has 0 saturated carbocycles. The van der Waals surface area contributed by atoms with Crippen molar-refractivity contribution in [3.8, 4) is 0 Å². The fourth-order valence-electron chi connectivity index (χ4n) is 2.52. The summed E-state index contributed by atoms with van der Waals surface area (Å²) in [6.07, 6.45) is -0.869. The molecule has 12 heteroatoms. The highest BCUT2D eigenvalue weighted by molar-refractivity contribution is 9.10. The van der Waals surface area contributed by atoms with E-state index < -0.39 is 39.0 Å². The number of allylic oxidation sites excluding steroid dienone is 4. The Morgan fingerprint density at radius 1 is 1.36 bits per heavy atom. The fraction of sp³-hybridized carbons (Fsp3) is 0.438. The van der Waals surface area contributed by atoms with Gasteiger partial charge in [0.1, 0.15) is 22.5 Å². The van der Waals surface area contributed by atoms with Crippen LogP contribution in [0.1, 0.15) is 30.8 Å². The molecule has 1 amide bonds. The minimum Gasteiger partial charge on any atom is -0.344 e. The average Bonchev–Trinajstić information content (AvgIpc) is 2.85. The lowest BCUT2D eigenvalue weighted by molar-refractivity contribution is -0.147. The van der Waals surface area contributed by atoms with E-state index in [4.69, 9.17) is 0 Å². The SMILES string of the molecule is CC1CC(NC(=O)c2c(Br)c(S(=O)(=O)N[C@H](C)C(F)(F)F)cn2C)=CC=C1F. The van der Waals surface area contributed by atoms with Crippen LogP contribution in [-0.2, 0) is 17.1 Å². The van der Waals surface area contributed by atoms with Gasteiger partial charge in [0, 0.05) is 24.9 Å². The van der Waals surface area contributed by atoms with Gasteiger partial charge in [0.2, 0.25) is 10.0 Å². The Morgan fingerprint density at radius 2 is 1.96 bits per heavy atom. The Bertz CT molecular complexity index is 951. The Hall–Kier alpha value is -1.66. The van der Waals surface area contributed by atoms with Crippen LogP contribution in [0.4, 0.5) is 17.6 Å². The van der Waals surface area contributed by atoms with Gasteiger partial charge in [-0.2, -0.15) is 17.9 Å². The quantitative estimate of drug-likeness (QED) is 0.623. The molecule has 1 aliphatic carbocycles. The first kappa shape index (κ1) is 22.6. The van der Waals surface area contributed by atoms with Gasteiger partial charge < -0.3 is 9.88 Å². The Morgan fingerprint density at radius 3 is 2.50 bits per heavy atom. The van der Waals surface area contributed by atoms with Gasteiger partial charge in [-0.3, -0.25) is 4.79 Å². The second kappa shape index (κ2) is 7.99. The third-order valence-electron chi connectivity index (χ3n) is 4.13. The molecule has 0 radical (unpaired) electrons. The molecule has 0 spiro atoms. The monoisotopic (exact) mass is 487 g/mol. The van der Waals surface area contributed by atoms with Crippen molar-refractivity contribution in [2.45, 2.75) is 37.4 Å². The van der Waals surface area contributed by atoms with E-state index in [0.29, 0.717) is 12.6 Å². The van der Waals surface area contributed by atoms with Crippen molar-refractivity contribution in [3.63, 3.8) is 0 Å². The van der Waals surface area contributed by atoms with Crippen molar-refractivity contribution < 1.29 is 30.8 Å². The molecule has 1 aliphatic rings. The van der Waals surface area contributed by atoms with E-state index in [-0.39, 0.29) is 22.4 Å². The normalized spacial score (nSPS) is 19.1. The summed E-state index contributed by atoms with van der Waals surface area (Å²) in [4.78, 5) is 12.0. The van der Waals surface area contributed by atoms with Gasteiger partial charge in [0.05, 0.1) is 4.47 Å². The summed E-state index contributed by atoms with van der Waals surface area (Å²) in [5.74, 6) is -1.42. The Balaban J connectivity index is 2.30. The highest BCUT2D eigenvalue weighted by Gasteiger charge is 2.40. The summed E-state index contributed by atoms with van der Waals surface area (Å²) in [6.45, 7) is 2.31. The third-order valence-corrected chi connectivity index (χ3v) is 6.75. The van der Waals surface area contributed by atoms with Crippen molar-refractivity contribution >= 4 is 31.9 Å². The first-order chi connectivity index (χ1) is 12.7. The standard InChI is InChI=1S/C16H18BrF4N3O3S/c1-8-6-10(4-5-11(8)18)22-15(25)14-13(17)12(7-24(14)3)28(26,27)23-9(2)16(19,20)21/h4-5,7-9,23H,6H2,1-3H3,(H,22,25)/t8?,9-/m1/s1. The summed E-state index contributed by atoms with van der Waals surface area (Å²) in [5.41, 5.74) is 0.323. The van der Waals surface area contributed by atoms with Crippen molar-refractivity contribution in [3.05, 3.63) is 40.0 Å². The molecule has 0 bridgehead atoms. The summed E-state index contributed by atoms with van der Waals surface area (Å²) in [6, 6.07) is -2.31. The molecule has 1 heterocycles. The van der Waals surface area contributed by atoms with Gasteiger partial charge in [-0.1, -0.05) is 6.92 Å². The lowest BCUT2D eigenvalue weighted by Crippen LogP contribution is -2.43. The zero-order valence-electron chi connectivity index (χ0n) is 15.1. The molecule has 2 atom stereocenters. The van der Waals surface area contributed by atoms with E-state index in [1.54, 1.807) is 6.92 Å². The fourth-order valence-corrected chi connectivity index (χ4v) is 5.07. The number of alkyl halides is 3. The minimum atomic E-state index is -4.76. The average molecular weight is 488 g/mol. The van der Waals surface area contributed by atoms with E-state index in [0.717, 1.165) is 6.20 Å². The molecule has 0 saturated heterocycles. The van der Waals surface area contributed by atoms with Crippen molar-refractivity contribution in [2.75, 3.05) is 0 Å². The summed E-state index contributed by atoms with van der Waals surface area (Å²) < 4.78 is 78.6. The van der Waals surface area contributed by atoms with Gasteiger partial charge >= 0.3 is 6.18 Å². The summed E-state index contributed by atoms with van der Waals surface area (Å²) >= 11 is 2.99. The number of carbonyl (C=O) groups excluding carboxylic acids is 1. The predicted octanol–water partition coefficient (Wildman–Crippen LogP) is 3.52. The number of nitrogens with one attached hydrogen (secondary N) is 2. The minimum absolute atomic E-state index is 0.108. The molecule has 156 valence electrons. The topological polar surface area (TPSA) is 80.2 Å². The molecular weight excluding hydrogens is 470 g/mol. The van der Waals surface area contributed by atoms with Crippen LogP contribution in [-0.4, -0.2) is 31.1 Å². The number of carbonyl (C=O) groups is 1. The number of sulfonamides is 1. The number of hydrogen-bond donors (Lipinski definition) is 2. The number of hydrogen-bond acceptors (Lipinski definition) is 3. The zero-order valence-corrected chi connectivity index (χ0v) is 17.5. The van der Waals surface area contributed by atoms with Gasteiger partial charge in [-0.25, -0.2) is 12.8 Å². The second-order valence-electron chi connectivity index (χ2n) is 6.45. The maximum Gasteiger partial charge on any atom is 0.404 e. The maximum absolute atomic E-state index is 13.4. The van der Waals surface area contributed by atoms with Crippen LogP contribution in [0.2, 0.25) is 0 Å². The van der Waals surface area contributed by atoms with Gasteiger partial charge in [0.25, 0.3) is 5.91 Å².